The molecule has 1 unspecified atom stereocenters. The van der Waals surface area contributed by atoms with E-state index in [2.05, 4.69) is 20.8 Å². The lowest BCUT2D eigenvalue weighted by atomic mass is 9.95. The number of hydrogen-bond acceptors (Lipinski definition) is 10. The fourth-order valence-electron chi connectivity index (χ4n) is 7.14. The van der Waals surface area contributed by atoms with E-state index >= 15 is 0 Å². The van der Waals surface area contributed by atoms with E-state index in [9.17, 15) is 23.8 Å². The van der Waals surface area contributed by atoms with Crippen LogP contribution in [0, 0.1) is 25.1 Å². The number of phenols is 1. The van der Waals surface area contributed by atoms with Crippen molar-refractivity contribution in [2.24, 2.45) is 0 Å². The molecule has 234 valence electrons. The molecule has 0 bridgehead atoms. The molecule has 3 atom stereocenters. The van der Waals surface area contributed by atoms with Gasteiger partial charge in [0.25, 0.3) is 0 Å². The Morgan fingerprint density at radius 2 is 2.07 bits per heavy atom. The second kappa shape index (κ2) is 11.2. The van der Waals surface area contributed by atoms with Crippen LogP contribution in [-0.2, 0) is 4.74 Å². The number of anilines is 1. The zero-order valence-corrected chi connectivity index (χ0v) is 24.7. The van der Waals surface area contributed by atoms with Crippen molar-refractivity contribution in [2.45, 2.75) is 44.0 Å². The molecule has 2 N–H and O–H groups in total. The van der Waals surface area contributed by atoms with Crippen LogP contribution in [0.4, 0.5) is 14.6 Å². The topological polar surface area (TPSA) is 121 Å². The molecule has 3 fully saturated rings. The number of ether oxygens (including phenoxy) is 2. The fourth-order valence-corrected chi connectivity index (χ4v) is 7.14. The zero-order valence-electron chi connectivity index (χ0n) is 24.7. The van der Waals surface area contributed by atoms with Crippen LogP contribution in [0.1, 0.15) is 30.4 Å². The summed E-state index contributed by atoms with van der Waals surface area (Å²) in [5, 5.41) is 21.9. The van der Waals surface area contributed by atoms with Crippen LogP contribution in [0.15, 0.2) is 33.5 Å². The summed E-state index contributed by atoms with van der Waals surface area (Å²) in [6, 6.07) is 5.49. The smallest absolute Gasteiger partial charge is 0.349 e. The van der Waals surface area contributed by atoms with E-state index in [1.54, 1.807) is 11.8 Å². The fraction of sp³-hybridized carbons (Fsp3) is 0.424. The Labute approximate surface area is 257 Å². The number of aliphatic hydroxyl groups excluding tert-OH is 1. The Kier molecular flexibility index (Phi) is 7.35. The van der Waals surface area contributed by atoms with Gasteiger partial charge in [0.2, 0.25) is 0 Å². The van der Waals surface area contributed by atoms with Crippen molar-refractivity contribution in [3.63, 3.8) is 0 Å². The minimum Gasteiger partial charge on any atom is -0.508 e. The average molecular weight is 619 g/mol. The molecule has 0 radical (unpaired) electrons. The van der Waals surface area contributed by atoms with E-state index < -0.39 is 29.3 Å². The molecule has 4 aromatic rings. The summed E-state index contributed by atoms with van der Waals surface area (Å²) in [6.45, 7) is 3.88. The van der Waals surface area contributed by atoms with Crippen LogP contribution in [0.3, 0.4) is 0 Å². The summed E-state index contributed by atoms with van der Waals surface area (Å²) in [5.41, 5.74) is -0.454. The van der Waals surface area contributed by atoms with Gasteiger partial charge in [0.15, 0.2) is 5.82 Å². The van der Waals surface area contributed by atoms with Crippen molar-refractivity contribution in [3.8, 4) is 35.4 Å². The van der Waals surface area contributed by atoms with Crippen molar-refractivity contribution in [1.29, 1.82) is 0 Å². The van der Waals surface area contributed by atoms with E-state index in [4.69, 9.17) is 20.3 Å². The number of rotatable bonds is 5. The Hall–Kier alpha value is -4.31. The van der Waals surface area contributed by atoms with Gasteiger partial charge in [0.05, 0.1) is 35.9 Å². The molecular formula is C33H32F2N4O6. The number of nitrogens with zero attached hydrogens (tertiary/aromatic N) is 4. The SMILES string of the molecule is C#Cc1c(F)ccc2cc(O)cc(-c3oc(=O)c4c(N5CCOCC(O)C5)nc(OC[C@@]56CCCN5C[C@H](F)C6)nc4c3C)c12. The van der Waals surface area contributed by atoms with Gasteiger partial charge in [-0.05, 0) is 49.9 Å². The van der Waals surface area contributed by atoms with Crippen molar-refractivity contribution < 1.29 is 32.9 Å². The largest absolute Gasteiger partial charge is 0.508 e. The van der Waals surface area contributed by atoms with Crippen molar-refractivity contribution >= 4 is 27.5 Å². The molecule has 12 heteroatoms. The summed E-state index contributed by atoms with van der Waals surface area (Å²) in [5.74, 6) is 1.85. The lowest BCUT2D eigenvalue weighted by Crippen LogP contribution is -2.43. The first-order valence-corrected chi connectivity index (χ1v) is 15.0. The van der Waals surface area contributed by atoms with Crippen molar-refractivity contribution in [1.82, 2.24) is 14.9 Å². The third-order valence-electron chi connectivity index (χ3n) is 9.18. The summed E-state index contributed by atoms with van der Waals surface area (Å²) in [7, 11) is 0. The molecular weight excluding hydrogens is 586 g/mol. The monoisotopic (exact) mass is 618 g/mol. The molecule has 7 rings (SSSR count). The number of alkyl halides is 1. The lowest BCUT2D eigenvalue weighted by Gasteiger charge is -2.31. The third-order valence-corrected chi connectivity index (χ3v) is 9.18. The molecule has 45 heavy (non-hydrogen) atoms. The number of aryl methyl sites for hydroxylation is 1. The molecule has 5 heterocycles. The lowest BCUT2D eigenvalue weighted by molar-refractivity contribution is 0.0597. The van der Waals surface area contributed by atoms with Crippen LogP contribution in [0.2, 0.25) is 0 Å². The van der Waals surface area contributed by atoms with Gasteiger partial charge < -0.3 is 29.0 Å². The summed E-state index contributed by atoms with van der Waals surface area (Å²) < 4.78 is 46.9. The van der Waals surface area contributed by atoms with Crippen LogP contribution < -0.4 is 15.3 Å². The first kappa shape index (κ1) is 29.4. The molecule has 0 aliphatic carbocycles. The van der Waals surface area contributed by atoms with Gasteiger partial charge in [0, 0.05) is 42.6 Å². The molecule has 0 amide bonds. The van der Waals surface area contributed by atoms with Gasteiger partial charge in [-0.3, -0.25) is 4.90 Å². The summed E-state index contributed by atoms with van der Waals surface area (Å²) in [4.78, 5) is 27.0. The molecule has 3 aliphatic heterocycles. The van der Waals surface area contributed by atoms with Gasteiger partial charge in [-0.2, -0.15) is 9.97 Å². The minimum absolute atomic E-state index is 0.0172. The predicted octanol–water partition coefficient (Wildman–Crippen LogP) is 3.69. The maximum Gasteiger partial charge on any atom is 0.349 e. The minimum atomic E-state index is -0.940. The molecule has 2 aromatic heterocycles. The standard InChI is InChI=1S/C33H32F2N4O6/c1-3-23-25(35)6-5-19-11-21(40)12-24(26(19)23)29-18(2)28-27(31(42)45-29)30(38-9-10-43-16-22(41)15-38)37-32(36-28)44-17-33-7-4-8-39(33)14-20(34)13-33/h1,5-6,11-12,20,22,40-41H,4,7-10,13-17H2,2H3/t20-,22?,33+/m1/s1. The van der Waals surface area contributed by atoms with Crippen LogP contribution in [0.25, 0.3) is 33.0 Å². The zero-order chi connectivity index (χ0) is 31.5. The molecule has 3 aliphatic rings. The van der Waals surface area contributed by atoms with Crippen LogP contribution >= 0.6 is 0 Å². The Morgan fingerprint density at radius 1 is 1.22 bits per heavy atom. The van der Waals surface area contributed by atoms with Crippen molar-refractivity contribution in [2.75, 3.05) is 50.9 Å². The molecule has 3 saturated heterocycles. The molecule has 2 aromatic carbocycles. The number of β-amino-alcohol motifs (C(OH)–C–C–N with tert-alkyl or cyclic N) is 1. The van der Waals surface area contributed by atoms with Gasteiger partial charge in [0.1, 0.15) is 35.5 Å². The van der Waals surface area contributed by atoms with Crippen LogP contribution in [-0.4, -0.2) is 88.9 Å². The highest BCUT2D eigenvalue weighted by molar-refractivity contribution is 6.03. The maximum atomic E-state index is 14.9. The number of aliphatic hydroxyl groups is 1. The molecule has 0 spiro atoms. The second-order valence-electron chi connectivity index (χ2n) is 12.1. The van der Waals surface area contributed by atoms with Gasteiger partial charge >= 0.3 is 11.6 Å². The highest BCUT2D eigenvalue weighted by atomic mass is 19.1. The van der Waals surface area contributed by atoms with Crippen LogP contribution in [0.5, 0.6) is 11.8 Å². The van der Waals surface area contributed by atoms with Gasteiger partial charge in [-0.15, -0.1) is 6.42 Å². The Morgan fingerprint density at radius 3 is 2.89 bits per heavy atom. The van der Waals surface area contributed by atoms with Gasteiger partial charge in [-0.25, -0.2) is 13.6 Å². The van der Waals surface area contributed by atoms with E-state index in [-0.39, 0.29) is 71.7 Å². The number of fused-ring (bicyclic) bond motifs is 3. The number of hydrogen-bond donors (Lipinski definition) is 2. The number of phenolic OH excluding ortho intramolecular Hbond substituents is 1. The number of aromatic nitrogens is 2. The number of aromatic hydroxyl groups is 1. The molecule has 0 saturated carbocycles. The van der Waals surface area contributed by atoms with Gasteiger partial charge in [-0.1, -0.05) is 12.0 Å². The highest BCUT2D eigenvalue weighted by Crippen LogP contribution is 2.42. The first-order chi connectivity index (χ1) is 21.7. The predicted molar refractivity (Wildman–Crippen MR) is 163 cm³/mol. The number of terminal acetylenes is 1. The second-order valence-corrected chi connectivity index (χ2v) is 12.1. The maximum absolute atomic E-state index is 14.9. The normalized spacial score (nSPS) is 23.8. The van der Waals surface area contributed by atoms with Crippen molar-refractivity contribution in [3.05, 3.63) is 51.6 Å². The Balaban J connectivity index is 1.42. The Bertz CT molecular complexity index is 1930. The first-order valence-electron chi connectivity index (χ1n) is 15.0. The summed E-state index contributed by atoms with van der Waals surface area (Å²) >= 11 is 0. The summed E-state index contributed by atoms with van der Waals surface area (Å²) in [6.07, 6.45) is 5.99. The van der Waals surface area contributed by atoms with E-state index in [0.717, 1.165) is 19.4 Å². The van der Waals surface area contributed by atoms with E-state index in [0.29, 0.717) is 35.8 Å². The third kappa shape index (κ3) is 5.05. The van der Waals surface area contributed by atoms with E-state index in [1.807, 2.05) is 0 Å². The highest BCUT2D eigenvalue weighted by Gasteiger charge is 2.49. The average Bonchev–Trinajstić information content (AvgIpc) is 3.44. The van der Waals surface area contributed by atoms with E-state index in [1.165, 1.54) is 24.3 Å². The quantitative estimate of drug-likeness (QED) is 0.321. The number of benzene rings is 2. The molecule has 10 nitrogen and oxygen atoms in total. The number of halogens is 2.